The first-order chi connectivity index (χ1) is 10.4. The summed E-state index contributed by atoms with van der Waals surface area (Å²) in [4.78, 5) is 23.1. The van der Waals surface area contributed by atoms with Crippen molar-refractivity contribution in [1.82, 2.24) is 5.32 Å². The van der Waals surface area contributed by atoms with E-state index in [9.17, 15) is 14.7 Å². The van der Waals surface area contributed by atoms with E-state index in [-0.39, 0.29) is 18.4 Å². The van der Waals surface area contributed by atoms with Gasteiger partial charge in [-0.2, -0.15) is 0 Å². The lowest BCUT2D eigenvalue weighted by Gasteiger charge is -2.19. The first-order valence-corrected chi connectivity index (χ1v) is 8.26. The highest BCUT2D eigenvalue weighted by Gasteiger charge is 2.20. The number of carboxylic acid groups (broad SMARTS) is 1. The number of nitrogens with one attached hydrogen (secondary N) is 2. The van der Waals surface area contributed by atoms with Crippen LogP contribution < -0.4 is 10.6 Å². The Kier molecular flexibility index (Phi) is 8.12. The molecule has 0 spiro atoms. The number of halogens is 1. The van der Waals surface area contributed by atoms with E-state index in [1.807, 2.05) is 26.0 Å². The van der Waals surface area contributed by atoms with Gasteiger partial charge in [0.05, 0.1) is 0 Å². The second-order valence-corrected chi connectivity index (χ2v) is 6.28. The fourth-order valence-corrected chi connectivity index (χ4v) is 2.38. The summed E-state index contributed by atoms with van der Waals surface area (Å²) in [6, 6.07) is 6.51. The van der Waals surface area contributed by atoms with Crippen molar-refractivity contribution in [3.8, 4) is 0 Å². The topological polar surface area (TPSA) is 78.4 Å². The zero-order valence-electron chi connectivity index (χ0n) is 12.9. The van der Waals surface area contributed by atoms with Gasteiger partial charge in [-0.1, -0.05) is 35.7 Å². The molecular weight excluding hydrogens is 348 g/mol. The van der Waals surface area contributed by atoms with E-state index in [0.717, 1.165) is 23.0 Å². The van der Waals surface area contributed by atoms with Crippen molar-refractivity contribution in [2.45, 2.75) is 51.6 Å². The Bertz CT molecular complexity index is 491. The number of unbranched alkanes of at least 4 members (excludes halogenated alkanes) is 1. The van der Waals surface area contributed by atoms with Gasteiger partial charge in [-0.25, -0.2) is 0 Å². The van der Waals surface area contributed by atoms with Gasteiger partial charge in [-0.05, 0) is 37.6 Å². The van der Waals surface area contributed by atoms with Crippen LogP contribution in [-0.2, 0) is 9.59 Å². The molecule has 2 unspecified atom stereocenters. The molecule has 0 aliphatic heterocycles. The smallest absolute Gasteiger partial charge is 0.320 e. The molecule has 6 heteroatoms. The Morgan fingerprint density at radius 1 is 1.27 bits per heavy atom. The molecule has 0 heterocycles. The minimum atomic E-state index is -0.867. The van der Waals surface area contributed by atoms with Gasteiger partial charge in [0.15, 0.2) is 0 Å². The van der Waals surface area contributed by atoms with Crippen LogP contribution >= 0.6 is 15.9 Å². The molecule has 0 bridgehead atoms. The Morgan fingerprint density at radius 2 is 1.91 bits per heavy atom. The van der Waals surface area contributed by atoms with Crippen LogP contribution in [0.5, 0.6) is 0 Å². The van der Waals surface area contributed by atoms with Crippen molar-refractivity contribution >= 4 is 33.5 Å². The van der Waals surface area contributed by atoms with Gasteiger partial charge in [-0.15, -0.1) is 0 Å². The van der Waals surface area contributed by atoms with Crippen molar-refractivity contribution in [3.05, 3.63) is 28.7 Å². The van der Waals surface area contributed by atoms with Crippen LogP contribution in [0.25, 0.3) is 0 Å². The summed E-state index contributed by atoms with van der Waals surface area (Å²) in [7, 11) is 0. The molecule has 2 atom stereocenters. The van der Waals surface area contributed by atoms with E-state index in [4.69, 9.17) is 0 Å². The summed E-state index contributed by atoms with van der Waals surface area (Å²) in [5.41, 5.74) is 0.723. The van der Waals surface area contributed by atoms with E-state index in [0.29, 0.717) is 6.42 Å². The fourth-order valence-electron chi connectivity index (χ4n) is 2.11. The highest BCUT2D eigenvalue weighted by atomic mass is 79.9. The fraction of sp³-hybridized carbons (Fsp3) is 0.500. The first kappa shape index (κ1) is 18.6. The Labute approximate surface area is 139 Å². The second kappa shape index (κ2) is 9.58. The van der Waals surface area contributed by atoms with Gasteiger partial charge in [-0.3, -0.25) is 9.59 Å². The number of carbonyl (C=O) groups is 2. The summed E-state index contributed by atoms with van der Waals surface area (Å²) in [5.74, 6) is -1.00. The van der Waals surface area contributed by atoms with Gasteiger partial charge in [0, 0.05) is 22.6 Å². The predicted molar refractivity (Wildman–Crippen MR) is 90.9 cm³/mol. The molecule has 0 saturated carbocycles. The summed E-state index contributed by atoms with van der Waals surface area (Å²) < 4.78 is 0.945. The summed E-state index contributed by atoms with van der Waals surface area (Å²) in [6.45, 7) is 3.84. The lowest BCUT2D eigenvalue weighted by atomic mass is 10.1. The van der Waals surface area contributed by atoms with E-state index in [1.165, 1.54) is 0 Å². The summed E-state index contributed by atoms with van der Waals surface area (Å²) >= 11 is 3.33. The van der Waals surface area contributed by atoms with E-state index in [2.05, 4.69) is 26.6 Å². The Morgan fingerprint density at radius 3 is 2.45 bits per heavy atom. The number of rotatable bonds is 9. The van der Waals surface area contributed by atoms with Gasteiger partial charge in [0.2, 0.25) is 5.91 Å². The maximum atomic E-state index is 12.0. The van der Waals surface area contributed by atoms with E-state index < -0.39 is 12.0 Å². The molecule has 5 nitrogen and oxygen atoms in total. The molecule has 1 rings (SSSR count). The van der Waals surface area contributed by atoms with Crippen LogP contribution in [0.15, 0.2) is 28.7 Å². The third-order valence-electron chi connectivity index (χ3n) is 3.25. The minimum Gasteiger partial charge on any atom is -0.480 e. The number of benzene rings is 1. The molecule has 0 aliphatic rings. The van der Waals surface area contributed by atoms with E-state index >= 15 is 0 Å². The molecule has 0 aromatic heterocycles. The van der Waals surface area contributed by atoms with Crippen LogP contribution in [0.2, 0.25) is 0 Å². The zero-order valence-corrected chi connectivity index (χ0v) is 14.5. The Hall–Kier alpha value is -1.40. The molecule has 1 aromatic rings. The maximum absolute atomic E-state index is 12.0. The van der Waals surface area contributed by atoms with Crippen molar-refractivity contribution in [2.24, 2.45) is 0 Å². The highest BCUT2D eigenvalue weighted by Crippen LogP contribution is 2.14. The lowest BCUT2D eigenvalue weighted by Crippen LogP contribution is -2.43. The number of hydrogen-bond acceptors (Lipinski definition) is 3. The van der Waals surface area contributed by atoms with Crippen molar-refractivity contribution in [1.29, 1.82) is 0 Å². The van der Waals surface area contributed by atoms with E-state index in [1.54, 1.807) is 12.1 Å². The largest absolute Gasteiger partial charge is 0.480 e. The average Bonchev–Trinajstić information content (AvgIpc) is 2.45. The number of hydrogen-bond donors (Lipinski definition) is 3. The molecule has 1 amide bonds. The third-order valence-corrected chi connectivity index (χ3v) is 3.78. The zero-order chi connectivity index (χ0) is 16.5. The predicted octanol–water partition coefficient (Wildman–Crippen LogP) is 3.40. The van der Waals surface area contributed by atoms with Crippen molar-refractivity contribution < 1.29 is 14.7 Å². The molecule has 122 valence electrons. The molecule has 0 saturated heterocycles. The summed E-state index contributed by atoms with van der Waals surface area (Å²) in [5, 5.41) is 15.0. The molecular formula is C16H23BrN2O3. The molecule has 3 N–H and O–H groups in total. The maximum Gasteiger partial charge on any atom is 0.320 e. The molecule has 1 aromatic carbocycles. The number of carbonyl (C=O) groups excluding carboxylic acids is 1. The van der Waals surface area contributed by atoms with Gasteiger partial charge in [0.1, 0.15) is 6.04 Å². The molecule has 0 fully saturated rings. The molecule has 0 radical (unpaired) electrons. The minimum absolute atomic E-state index is 0.137. The van der Waals surface area contributed by atoms with Crippen LogP contribution in [0, 0.1) is 0 Å². The highest BCUT2D eigenvalue weighted by molar-refractivity contribution is 9.10. The standard InChI is InChI=1S/C16H23BrN2O3/c1-3-4-5-14(16(21)22)18-11(2)10-15(20)19-13-8-6-12(17)7-9-13/h6-9,11,14,18H,3-5,10H2,1-2H3,(H,19,20)(H,21,22). The quantitative estimate of drug-likeness (QED) is 0.622. The number of anilines is 1. The van der Waals surface area contributed by atoms with Crippen molar-refractivity contribution in [2.75, 3.05) is 5.32 Å². The van der Waals surface area contributed by atoms with Gasteiger partial charge >= 0.3 is 5.97 Å². The van der Waals surface area contributed by atoms with Crippen LogP contribution in [0.1, 0.15) is 39.5 Å². The number of carboxylic acids is 1. The van der Waals surface area contributed by atoms with Crippen LogP contribution in [-0.4, -0.2) is 29.1 Å². The lowest BCUT2D eigenvalue weighted by molar-refractivity contribution is -0.140. The van der Waals surface area contributed by atoms with Gasteiger partial charge < -0.3 is 15.7 Å². The Balaban J connectivity index is 2.45. The van der Waals surface area contributed by atoms with Crippen LogP contribution in [0.3, 0.4) is 0 Å². The van der Waals surface area contributed by atoms with Gasteiger partial charge in [0.25, 0.3) is 0 Å². The summed E-state index contributed by atoms with van der Waals surface area (Å²) in [6.07, 6.45) is 2.60. The average molecular weight is 371 g/mol. The molecule has 0 aliphatic carbocycles. The number of aliphatic carboxylic acids is 1. The molecule has 22 heavy (non-hydrogen) atoms. The SMILES string of the molecule is CCCCC(NC(C)CC(=O)Nc1ccc(Br)cc1)C(=O)O. The first-order valence-electron chi connectivity index (χ1n) is 7.46. The third kappa shape index (κ3) is 7.04. The van der Waals surface area contributed by atoms with Crippen molar-refractivity contribution in [3.63, 3.8) is 0 Å². The second-order valence-electron chi connectivity index (χ2n) is 5.36. The van der Waals surface area contributed by atoms with Crippen LogP contribution in [0.4, 0.5) is 5.69 Å². The monoisotopic (exact) mass is 370 g/mol. The number of amides is 1. The normalized spacial score (nSPS) is 13.4.